The second-order valence-corrected chi connectivity index (χ2v) is 17.1. The maximum Gasteiger partial charge on any atom is 0.261 e. The molecule has 4 nitrogen and oxygen atoms in total. The van der Waals surface area contributed by atoms with Gasteiger partial charge >= 0.3 is 0 Å². The molecule has 4 atom stereocenters. The molecule has 5 heteroatoms. The summed E-state index contributed by atoms with van der Waals surface area (Å²) in [5.41, 5.74) is 1.19. The van der Waals surface area contributed by atoms with Crippen molar-refractivity contribution in [2.24, 2.45) is 11.8 Å². The molecular weight excluding hydrogens is 512 g/mol. The highest BCUT2D eigenvalue weighted by atomic mass is 28.4. The highest BCUT2D eigenvalue weighted by Crippen LogP contribution is 2.39. The van der Waals surface area contributed by atoms with E-state index in [2.05, 4.69) is 107 Å². The zero-order chi connectivity index (χ0) is 28.8. The second kappa shape index (κ2) is 13.1. The first-order chi connectivity index (χ1) is 19.0. The van der Waals surface area contributed by atoms with Crippen LogP contribution in [0, 0.1) is 11.8 Å². The molecule has 1 aliphatic rings. The smallest absolute Gasteiger partial charge is 0.261 e. The maximum absolute atomic E-state index is 7.27. The van der Waals surface area contributed by atoms with Crippen LogP contribution < -0.4 is 10.4 Å². The van der Waals surface area contributed by atoms with Crippen LogP contribution in [0.25, 0.3) is 0 Å². The van der Waals surface area contributed by atoms with Gasteiger partial charge in [0.05, 0.1) is 18.8 Å². The summed E-state index contributed by atoms with van der Waals surface area (Å²) >= 11 is 0. The Kier molecular flexibility index (Phi) is 10.1. The minimum absolute atomic E-state index is 0.0149. The summed E-state index contributed by atoms with van der Waals surface area (Å²) in [6.45, 7) is 17.4. The Hall–Kier alpha value is -2.28. The fourth-order valence-electron chi connectivity index (χ4n) is 6.18. The van der Waals surface area contributed by atoms with Gasteiger partial charge in [0.25, 0.3) is 8.32 Å². The highest BCUT2D eigenvalue weighted by molar-refractivity contribution is 6.99. The van der Waals surface area contributed by atoms with Gasteiger partial charge in [-0.15, -0.1) is 0 Å². The van der Waals surface area contributed by atoms with Crippen LogP contribution in [0.5, 0.6) is 0 Å². The lowest BCUT2D eigenvalue weighted by Crippen LogP contribution is -2.67. The number of benzene rings is 3. The molecule has 1 saturated heterocycles. The fraction of sp³-hybridized carbons (Fsp3) is 0.486. The Bertz CT molecular complexity index is 1120. The van der Waals surface area contributed by atoms with E-state index in [4.69, 9.17) is 18.6 Å². The van der Waals surface area contributed by atoms with E-state index < -0.39 is 14.1 Å². The van der Waals surface area contributed by atoms with Crippen molar-refractivity contribution in [3.8, 4) is 0 Å². The molecule has 0 unspecified atom stereocenters. The van der Waals surface area contributed by atoms with Crippen LogP contribution in [0.4, 0.5) is 0 Å². The van der Waals surface area contributed by atoms with Crippen molar-refractivity contribution >= 4 is 18.7 Å². The van der Waals surface area contributed by atoms with Gasteiger partial charge < -0.3 is 18.6 Å². The number of ether oxygens (including phenoxy) is 3. The molecule has 1 heterocycles. The number of hydrogen-bond donors (Lipinski definition) is 0. The van der Waals surface area contributed by atoms with Gasteiger partial charge in [0, 0.05) is 25.0 Å². The Labute approximate surface area is 243 Å². The third-order valence-corrected chi connectivity index (χ3v) is 13.2. The van der Waals surface area contributed by atoms with Gasteiger partial charge in [0.1, 0.15) is 0 Å². The van der Waals surface area contributed by atoms with Crippen molar-refractivity contribution in [1.29, 1.82) is 0 Å². The SMILES string of the molecule is C[C@H]1[C@H]([C@H](C)CO[Si](c2ccccc2)(c2ccccc2)C(C)(C)C)OC(C)(C)O[C@H]1CCOCc1ccccc1. The molecule has 1 aliphatic heterocycles. The molecule has 0 N–H and O–H groups in total. The maximum atomic E-state index is 7.27. The largest absolute Gasteiger partial charge is 0.407 e. The molecule has 3 aromatic rings. The van der Waals surface area contributed by atoms with E-state index in [9.17, 15) is 0 Å². The first kappa shape index (κ1) is 30.7. The highest BCUT2D eigenvalue weighted by Gasteiger charge is 2.51. The van der Waals surface area contributed by atoms with Crippen molar-refractivity contribution in [2.45, 2.75) is 84.5 Å². The van der Waals surface area contributed by atoms with Gasteiger partial charge in [-0.1, -0.05) is 126 Å². The molecule has 0 aromatic heterocycles. The van der Waals surface area contributed by atoms with Crippen molar-refractivity contribution in [2.75, 3.05) is 13.2 Å². The third kappa shape index (κ3) is 7.13. The second-order valence-electron chi connectivity index (χ2n) is 12.8. The van der Waals surface area contributed by atoms with Crippen molar-refractivity contribution < 1.29 is 18.6 Å². The number of rotatable bonds is 11. The Morgan fingerprint density at radius 1 is 0.825 bits per heavy atom. The van der Waals surface area contributed by atoms with Gasteiger partial charge in [0.2, 0.25) is 0 Å². The van der Waals surface area contributed by atoms with E-state index in [0.717, 1.165) is 6.42 Å². The predicted octanol–water partition coefficient (Wildman–Crippen LogP) is 6.96. The standard InChI is InChI=1S/C35H48O4Si/c1-27(25-37-40(34(3,4)5,30-19-13-9-14-20-30)31-21-15-10-16-22-31)33-28(2)32(38-35(6,7)39-33)23-24-36-26-29-17-11-8-12-18-29/h8-22,27-28,32-33H,23-26H2,1-7H3/t27-,28-,32+,33+/m1/s1. The van der Waals surface area contributed by atoms with Crippen molar-refractivity contribution in [3.05, 3.63) is 96.6 Å². The van der Waals surface area contributed by atoms with Gasteiger partial charge in [-0.3, -0.25) is 0 Å². The summed E-state index contributed by atoms with van der Waals surface area (Å²) in [7, 11) is -2.62. The van der Waals surface area contributed by atoms with Gasteiger partial charge in [-0.05, 0) is 41.2 Å². The molecule has 0 spiro atoms. The Balaban J connectivity index is 1.49. The molecular formula is C35H48O4Si. The molecule has 0 amide bonds. The predicted molar refractivity (Wildman–Crippen MR) is 166 cm³/mol. The summed E-state index contributed by atoms with van der Waals surface area (Å²) in [5, 5.41) is 2.54. The normalized spacial score (nSPS) is 22.1. The van der Waals surface area contributed by atoms with Crippen LogP contribution in [-0.2, 0) is 25.2 Å². The lowest BCUT2D eigenvalue weighted by Gasteiger charge is -2.48. The molecule has 40 heavy (non-hydrogen) atoms. The van der Waals surface area contributed by atoms with E-state index in [1.54, 1.807) is 0 Å². The summed E-state index contributed by atoms with van der Waals surface area (Å²) in [5.74, 6) is -0.258. The van der Waals surface area contributed by atoms with Crippen LogP contribution in [0.2, 0.25) is 5.04 Å². The van der Waals surface area contributed by atoms with Gasteiger partial charge in [-0.25, -0.2) is 0 Å². The molecule has 3 aromatic carbocycles. The average Bonchev–Trinajstić information content (AvgIpc) is 2.94. The van der Waals surface area contributed by atoms with E-state index in [1.165, 1.54) is 15.9 Å². The van der Waals surface area contributed by atoms with Crippen LogP contribution in [0.15, 0.2) is 91.0 Å². The first-order valence-electron chi connectivity index (χ1n) is 14.8. The molecule has 4 rings (SSSR count). The molecule has 216 valence electrons. The summed E-state index contributed by atoms with van der Waals surface area (Å²) < 4.78 is 26.3. The lowest BCUT2D eigenvalue weighted by atomic mass is 9.86. The summed E-state index contributed by atoms with van der Waals surface area (Å²) in [6, 6.07) is 32.0. The molecule has 0 saturated carbocycles. The summed E-state index contributed by atoms with van der Waals surface area (Å²) in [4.78, 5) is 0. The Morgan fingerprint density at radius 3 is 1.88 bits per heavy atom. The van der Waals surface area contributed by atoms with Crippen LogP contribution >= 0.6 is 0 Å². The van der Waals surface area contributed by atoms with Crippen molar-refractivity contribution in [1.82, 2.24) is 0 Å². The van der Waals surface area contributed by atoms with E-state index in [0.29, 0.717) is 19.8 Å². The average molecular weight is 561 g/mol. The van der Waals surface area contributed by atoms with Crippen LogP contribution in [-0.4, -0.2) is 39.5 Å². The minimum Gasteiger partial charge on any atom is -0.407 e. The van der Waals surface area contributed by atoms with Crippen LogP contribution in [0.1, 0.15) is 60.5 Å². The zero-order valence-electron chi connectivity index (χ0n) is 25.4. The zero-order valence-corrected chi connectivity index (χ0v) is 26.4. The van der Waals surface area contributed by atoms with E-state index >= 15 is 0 Å². The van der Waals surface area contributed by atoms with E-state index in [1.807, 2.05) is 32.0 Å². The lowest BCUT2D eigenvalue weighted by molar-refractivity contribution is -0.329. The molecule has 0 bridgehead atoms. The quantitative estimate of drug-likeness (QED) is 0.188. The number of hydrogen-bond acceptors (Lipinski definition) is 4. The first-order valence-corrected chi connectivity index (χ1v) is 16.7. The third-order valence-electron chi connectivity index (χ3n) is 8.16. The summed E-state index contributed by atoms with van der Waals surface area (Å²) in [6.07, 6.45) is 0.903. The monoisotopic (exact) mass is 560 g/mol. The van der Waals surface area contributed by atoms with Gasteiger partial charge in [0.15, 0.2) is 5.79 Å². The molecule has 0 radical (unpaired) electrons. The topological polar surface area (TPSA) is 36.9 Å². The van der Waals surface area contributed by atoms with Gasteiger partial charge in [-0.2, -0.15) is 0 Å². The molecule has 1 fully saturated rings. The van der Waals surface area contributed by atoms with Crippen LogP contribution in [0.3, 0.4) is 0 Å². The minimum atomic E-state index is -2.62. The Morgan fingerprint density at radius 2 is 1.35 bits per heavy atom. The fourth-order valence-corrected chi connectivity index (χ4v) is 10.8. The molecule has 0 aliphatic carbocycles. The van der Waals surface area contributed by atoms with E-state index in [-0.39, 0.29) is 29.1 Å². The van der Waals surface area contributed by atoms with Crippen molar-refractivity contribution in [3.63, 3.8) is 0 Å².